The Hall–Kier alpha value is -5.80. The third-order valence-corrected chi connectivity index (χ3v) is 10.4. The number of aryl methyl sites for hydroxylation is 1. The van der Waals surface area contributed by atoms with Crippen molar-refractivity contribution in [3.05, 3.63) is 174 Å². The third kappa shape index (κ3) is 4.72. The lowest BCUT2D eigenvalue weighted by Gasteiger charge is -2.31. The minimum Gasteiger partial charge on any atom is -0.485 e. The molecule has 1 atom stereocenters. The van der Waals surface area contributed by atoms with Crippen molar-refractivity contribution in [1.29, 1.82) is 0 Å². The molecule has 3 nitrogen and oxygen atoms in total. The van der Waals surface area contributed by atoms with Crippen LogP contribution < -0.4 is 4.90 Å². The van der Waals surface area contributed by atoms with E-state index in [9.17, 15) is 0 Å². The summed E-state index contributed by atoms with van der Waals surface area (Å²) in [6, 6.07) is 39.8. The predicted molar refractivity (Wildman–Crippen MR) is 202 cm³/mol. The highest BCUT2D eigenvalue weighted by atomic mass is 16.5. The molecule has 0 bridgehead atoms. The topological polar surface area (TPSA) is 25.6 Å². The second-order valence-corrected chi connectivity index (χ2v) is 13.4. The molecule has 6 aromatic rings. The molecule has 0 spiro atoms. The van der Waals surface area contributed by atoms with Crippen LogP contribution in [0.15, 0.2) is 167 Å². The first-order chi connectivity index (χ1) is 24.3. The van der Waals surface area contributed by atoms with E-state index in [1.165, 1.54) is 60.8 Å². The summed E-state index contributed by atoms with van der Waals surface area (Å²) in [4.78, 5) is 2.40. The van der Waals surface area contributed by atoms with Crippen molar-refractivity contribution >= 4 is 39.2 Å². The highest BCUT2D eigenvalue weighted by molar-refractivity contribution is 6.10. The molecule has 5 aromatic carbocycles. The number of allylic oxidation sites excluding steroid dienone is 5. The van der Waals surface area contributed by atoms with E-state index >= 15 is 0 Å². The van der Waals surface area contributed by atoms with Crippen LogP contribution in [0.2, 0.25) is 0 Å². The van der Waals surface area contributed by atoms with Crippen LogP contribution in [0.5, 0.6) is 0 Å². The van der Waals surface area contributed by atoms with Crippen molar-refractivity contribution in [2.24, 2.45) is 0 Å². The Bertz CT molecular complexity index is 2430. The van der Waals surface area contributed by atoms with Crippen molar-refractivity contribution in [3.8, 4) is 22.3 Å². The summed E-state index contributed by atoms with van der Waals surface area (Å²) < 4.78 is 12.7. The molecule has 0 radical (unpaired) electrons. The van der Waals surface area contributed by atoms with Gasteiger partial charge in [0.15, 0.2) is 0 Å². The molecule has 1 unspecified atom stereocenters. The van der Waals surface area contributed by atoms with E-state index in [-0.39, 0.29) is 6.10 Å². The van der Waals surface area contributed by atoms with Gasteiger partial charge in [0.2, 0.25) is 0 Å². The van der Waals surface area contributed by atoms with E-state index in [4.69, 9.17) is 9.15 Å². The summed E-state index contributed by atoms with van der Waals surface area (Å²) in [6.07, 6.45) is 18.6. The molecule has 4 aliphatic rings. The number of ether oxygens (including phenoxy) is 1. The molecule has 2 heterocycles. The Morgan fingerprint density at radius 1 is 0.633 bits per heavy atom. The lowest BCUT2D eigenvalue weighted by atomic mass is 9.90. The summed E-state index contributed by atoms with van der Waals surface area (Å²) in [7, 11) is 0. The van der Waals surface area contributed by atoms with E-state index in [1.807, 2.05) is 0 Å². The van der Waals surface area contributed by atoms with Gasteiger partial charge in [0.25, 0.3) is 0 Å². The van der Waals surface area contributed by atoms with Crippen LogP contribution in [0, 0.1) is 0 Å². The predicted octanol–water partition coefficient (Wildman–Crippen LogP) is 12.2. The van der Waals surface area contributed by atoms with Gasteiger partial charge in [-0.3, -0.25) is 0 Å². The van der Waals surface area contributed by atoms with Crippen molar-refractivity contribution in [2.75, 3.05) is 4.90 Å². The quantitative estimate of drug-likeness (QED) is 0.189. The van der Waals surface area contributed by atoms with Crippen LogP contribution in [-0.2, 0) is 11.2 Å². The summed E-state index contributed by atoms with van der Waals surface area (Å²) in [5, 5.41) is 3.78. The van der Waals surface area contributed by atoms with Crippen molar-refractivity contribution < 1.29 is 9.15 Å². The first kappa shape index (κ1) is 28.2. The molecule has 1 saturated heterocycles. The number of fused-ring (bicyclic) bond motifs is 8. The average molecular weight is 634 g/mol. The zero-order valence-electron chi connectivity index (χ0n) is 27.2. The average Bonchev–Trinajstić information content (AvgIpc) is 3.75. The number of para-hydroxylation sites is 1. The largest absolute Gasteiger partial charge is 0.485 e. The summed E-state index contributed by atoms with van der Waals surface area (Å²) >= 11 is 0. The van der Waals surface area contributed by atoms with Crippen LogP contribution >= 0.6 is 0 Å². The van der Waals surface area contributed by atoms with Gasteiger partial charge in [-0.25, -0.2) is 0 Å². The monoisotopic (exact) mass is 633 g/mol. The maximum atomic E-state index is 6.48. The van der Waals surface area contributed by atoms with Crippen molar-refractivity contribution in [2.45, 2.75) is 38.2 Å². The summed E-state index contributed by atoms with van der Waals surface area (Å²) in [5.74, 6) is 2.06. The zero-order chi connectivity index (χ0) is 32.3. The molecule has 0 amide bonds. The van der Waals surface area contributed by atoms with E-state index in [0.717, 1.165) is 60.6 Å². The Morgan fingerprint density at radius 2 is 1.41 bits per heavy atom. The van der Waals surface area contributed by atoms with Gasteiger partial charge in [-0.05, 0) is 113 Å². The van der Waals surface area contributed by atoms with Gasteiger partial charge in [0.1, 0.15) is 23.2 Å². The maximum absolute atomic E-state index is 6.48. The summed E-state index contributed by atoms with van der Waals surface area (Å²) in [6.45, 7) is 0. The molecule has 1 fully saturated rings. The first-order valence-electron chi connectivity index (χ1n) is 17.5. The molecular weight excluding hydrogens is 599 g/mol. The number of furan rings is 1. The summed E-state index contributed by atoms with van der Waals surface area (Å²) in [5.41, 5.74) is 13.1. The SMILES string of the molecule is C1=Cc2oc3ccc4ccc(-c5ccc(-c6cccc(N(C7=C8C9=CCCC=C9OC8CC=C7)c7ccccc7)c6)cc5)cc4c3c2CC1. The van der Waals surface area contributed by atoms with Gasteiger partial charge in [0, 0.05) is 39.9 Å². The first-order valence-corrected chi connectivity index (χ1v) is 17.5. The van der Waals surface area contributed by atoms with Gasteiger partial charge >= 0.3 is 0 Å². The van der Waals surface area contributed by atoms with Crippen LogP contribution in [-0.4, -0.2) is 6.10 Å². The lowest BCUT2D eigenvalue weighted by molar-refractivity contribution is 0.182. The van der Waals surface area contributed by atoms with Crippen molar-refractivity contribution in [1.82, 2.24) is 0 Å². The minimum atomic E-state index is 0.0551. The number of nitrogens with zero attached hydrogens (tertiary/aromatic N) is 1. The number of hydrogen-bond acceptors (Lipinski definition) is 3. The Labute approximate surface area is 286 Å². The van der Waals surface area contributed by atoms with Gasteiger partial charge in [0.05, 0.1) is 5.70 Å². The lowest BCUT2D eigenvalue weighted by Crippen LogP contribution is -2.23. The molecule has 10 rings (SSSR count). The second-order valence-electron chi connectivity index (χ2n) is 13.4. The normalized spacial score (nSPS) is 17.8. The smallest absolute Gasteiger partial charge is 0.135 e. The number of benzene rings is 5. The maximum Gasteiger partial charge on any atom is 0.135 e. The fourth-order valence-corrected chi connectivity index (χ4v) is 8.11. The van der Waals surface area contributed by atoms with Crippen molar-refractivity contribution in [3.63, 3.8) is 0 Å². The van der Waals surface area contributed by atoms with Gasteiger partial charge < -0.3 is 14.1 Å². The highest BCUT2D eigenvalue weighted by Crippen LogP contribution is 2.46. The number of hydrogen-bond donors (Lipinski definition) is 0. The number of anilines is 2. The third-order valence-electron chi connectivity index (χ3n) is 10.4. The minimum absolute atomic E-state index is 0.0551. The van der Waals surface area contributed by atoms with Gasteiger partial charge in [-0.15, -0.1) is 0 Å². The molecule has 236 valence electrons. The Balaban J connectivity index is 1.03. The zero-order valence-corrected chi connectivity index (χ0v) is 27.2. The fraction of sp³-hybridized carbons (Fsp3) is 0.130. The standard InChI is InChI=1S/C46H35NO2/c1-2-11-35(12-3-1)47(40-16-9-19-43-46(40)38-15-5-7-18-42(38)48-43)36-13-8-10-33(28-36)30-20-22-31(23-21-30)34-25-24-32-26-27-44-45(39(32)29-34)37-14-4-6-17-41(37)49-44/h1-3,6,8-13,15-18,20-29,43H,4-5,7,14,19H2. The van der Waals surface area contributed by atoms with Crippen LogP contribution in [0.1, 0.15) is 37.0 Å². The Morgan fingerprint density at radius 3 is 2.29 bits per heavy atom. The van der Waals surface area contributed by atoms with E-state index in [1.54, 1.807) is 0 Å². The van der Waals surface area contributed by atoms with Crippen LogP contribution in [0.25, 0.3) is 50.1 Å². The molecule has 3 heteroatoms. The molecule has 0 N–H and O–H groups in total. The second kappa shape index (κ2) is 11.4. The molecule has 1 aromatic heterocycles. The molecule has 3 aliphatic carbocycles. The molecular formula is C46H35NO2. The van der Waals surface area contributed by atoms with E-state index in [0.29, 0.717) is 0 Å². The Kier molecular flexibility index (Phi) is 6.58. The highest BCUT2D eigenvalue weighted by Gasteiger charge is 2.37. The van der Waals surface area contributed by atoms with Crippen LogP contribution in [0.4, 0.5) is 11.4 Å². The van der Waals surface area contributed by atoms with Crippen LogP contribution in [0.3, 0.4) is 0 Å². The van der Waals surface area contributed by atoms with E-state index in [2.05, 4.69) is 151 Å². The number of rotatable bonds is 5. The molecule has 1 aliphatic heterocycles. The van der Waals surface area contributed by atoms with Gasteiger partial charge in [-0.2, -0.15) is 0 Å². The fourth-order valence-electron chi connectivity index (χ4n) is 8.11. The molecule has 49 heavy (non-hydrogen) atoms. The molecule has 0 saturated carbocycles. The van der Waals surface area contributed by atoms with E-state index < -0.39 is 0 Å². The van der Waals surface area contributed by atoms with Gasteiger partial charge in [-0.1, -0.05) is 91.0 Å².